The lowest BCUT2D eigenvalue weighted by Crippen LogP contribution is -2.40. The number of hydrogen-bond acceptors (Lipinski definition) is 6. The quantitative estimate of drug-likeness (QED) is 0.160. The molecule has 0 fully saturated rings. The average molecular weight is 685 g/mol. The van der Waals surface area contributed by atoms with E-state index in [1.54, 1.807) is 99.6 Å². The molecular weight excluding hydrogens is 649 g/mol. The van der Waals surface area contributed by atoms with Crippen LogP contribution in [0, 0.1) is 11.3 Å². The molecule has 1 atom stereocenters. The zero-order chi connectivity index (χ0) is 35.5. The Labute approximate surface area is 292 Å². The van der Waals surface area contributed by atoms with Gasteiger partial charge in [0.2, 0.25) is 10.0 Å². The summed E-state index contributed by atoms with van der Waals surface area (Å²) in [6.45, 7) is 5.69. The molecule has 1 heterocycles. The van der Waals surface area contributed by atoms with E-state index in [0.717, 1.165) is 5.56 Å². The summed E-state index contributed by atoms with van der Waals surface area (Å²) >= 11 is 0. The highest BCUT2D eigenvalue weighted by Crippen LogP contribution is 2.37. The number of benzene rings is 5. The third kappa shape index (κ3) is 7.44. The highest BCUT2D eigenvalue weighted by atomic mass is 32.2. The zero-order valence-electron chi connectivity index (χ0n) is 27.9. The SMILES string of the molecule is CC(C)(C)NS(=O)(=O)c1ccccc1-c1ccc2c(c1)CN(C(C(=O)Nc1cc(C#N)ccc1OCc1ccccc1)c1ccccc1)C2=O. The summed E-state index contributed by atoms with van der Waals surface area (Å²) in [6.07, 6.45) is 0. The lowest BCUT2D eigenvalue weighted by molar-refractivity contribution is -0.120. The monoisotopic (exact) mass is 684 g/mol. The van der Waals surface area contributed by atoms with Gasteiger partial charge in [-0.2, -0.15) is 5.26 Å². The number of rotatable bonds is 10. The standard InChI is InChI=1S/C40H36N4O5S/c1-40(2,3)43-50(47,48)36-17-11-10-16-32(36)30-19-20-33-31(23-30)25-44(39(33)46)37(29-14-8-5-9-15-29)38(45)42-34-22-28(24-41)18-21-35(34)49-26-27-12-6-4-7-13-27/h4-23,37,43H,25-26H2,1-3H3,(H,42,45). The maximum atomic E-state index is 14.3. The molecule has 0 radical (unpaired) electrons. The van der Waals surface area contributed by atoms with E-state index in [0.29, 0.717) is 44.8 Å². The van der Waals surface area contributed by atoms with Crippen LogP contribution >= 0.6 is 0 Å². The Morgan fingerprint density at radius 2 is 1.56 bits per heavy atom. The van der Waals surface area contributed by atoms with Crippen molar-refractivity contribution >= 4 is 27.5 Å². The highest BCUT2D eigenvalue weighted by molar-refractivity contribution is 7.89. The summed E-state index contributed by atoms with van der Waals surface area (Å²) in [5.74, 6) is -0.442. The van der Waals surface area contributed by atoms with Crippen LogP contribution in [0.3, 0.4) is 0 Å². The van der Waals surface area contributed by atoms with Crippen molar-refractivity contribution in [2.45, 2.75) is 50.4 Å². The Balaban J connectivity index is 1.32. The normalized spacial score (nSPS) is 13.3. The van der Waals surface area contributed by atoms with Crippen LogP contribution in [0.15, 0.2) is 126 Å². The predicted molar refractivity (Wildman–Crippen MR) is 192 cm³/mol. The molecule has 6 rings (SSSR count). The van der Waals surface area contributed by atoms with Crippen molar-refractivity contribution in [1.29, 1.82) is 5.26 Å². The smallest absolute Gasteiger partial charge is 0.255 e. The van der Waals surface area contributed by atoms with E-state index in [4.69, 9.17) is 4.74 Å². The maximum absolute atomic E-state index is 14.3. The molecule has 1 aliphatic heterocycles. The fraction of sp³-hybridized carbons (Fsp3) is 0.175. The summed E-state index contributed by atoms with van der Waals surface area (Å²) in [5, 5.41) is 12.6. The van der Waals surface area contributed by atoms with Crippen LogP contribution in [0.1, 0.15) is 59.4 Å². The number of sulfonamides is 1. The van der Waals surface area contributed by atoms with E-state index in [1.165, 1.54) is 4.90 Å². The van der Waals surface area contributed by atoms with Gasteiger partial charge >= 0.3 is 0 Å². The first kappa shape index (κ1) is 34.1. The van der Waals surface area contributed by atoms with Crippen molar-refractivity contribution < 1.29 is 22.7 Å². The van der Waals surface area contributed by atoms with Crippen LogP contribution in [0.2, 0.25) is 0 Å². The largest absolute Gasteiger partial charge is 0.487 e. The molecule has 252 valence electrons. The summed E-state index contributed by atoms with van der Waals surface area (Å²) in [7, 11) is -3.86. The van der Waals surface area contributed by atoms with Gasteiger partial charge in [0.1, 0.15) is 18.4 Å². The number of carbonyl (C=O) groups excluding carboxylic acids is 2. The fourth-order valence-corrected chi connectivity index (χ4v) is 7.63. The third-order valence-corrected chi connectivity index (χ3v) is 9.96. The fourth-order valence-electron chi connectivity index (χ4n) is 5.98. The molecule has 0 saturated carbocycles. The molecule has 1 unspecified atom stereocenters. The number of fused-ring (bicyclic) bond motifs is 1. The van der Waals surface area contributed by atoms with Crippen LogP contribution in [-0.4, -0.2) is 30.7 Å². The van der Waals surface area contributed by atoms with Crippen LogP contribution in [0.4, 0.5) is 5.69 Å². The second kappa shape index (κ2) is 14.0. The number of ether oxygens (including phenoxy) is 1. The Morgan fingerprint density at radius 1 is 0.880 bits per heavy atom. The third-order valence-electron chi connectivity index (χ3n) is 8.14. The van der Waals surface area contributed by atoms with Gasteiger partial charge in [-0.25, -0.2) is 13.1 Å². The summed E-state index contributed by atoms with van der Waals surface area (Å²) in [6, 6.07) is 36.4. The number of hydrogen-bond donors (Lipinski definition) is 2. The second-order valence-corrected chi connectivity index (χ2v) is 14.7. The first-order valence-electron chi connectivity index (χ1n) is 16.1. The van der Waals surface area contributed by atoms with E-state index >= 15 is 0 Å². The van der Waals surface area contributed by atoms with Gasteiger partial charge in [0, 0.05) is 23.2 Å². The van der Waals surface area contributed by atoms with Crippen molar-refractivity contribution in [2.24, 2.45) is 0 Å². The van der Waals surface area contributed by atoms with Crippen molar-refractivity contribution in [2.75, 3.05) is 5.32 Å². The van der Waals surface area contributed by atoms with Crippen molar-refractivity contribution in [3.05, 3.63) is 149 Å². The number of anilines is 1. The minimum absolute atomic E-state index is 0.111. The van der Waals surface area contributed by atoms with Gasteiger partial charge in [-0.3, -0.25) is 9.59 Å². The van der Waals surface area contributed by atoms with E-state index in [1.807, 2.05) is 42.5 Å². The summed E-state index contributed by atoms with van der Waals surface area (Å²) < 4.78 is 35.6. The summed E-state index contributed by atoms with van der Waals surface area (Å²) in [4.78, 5) is 29.9. The molecule has 9 nitrogen and oxygen atoms in total. The average Bonchev–Trinajstić information content (AvgIpc) is 3.42. The Kier molecular flexibility index (Phi) is 9.55. The highest BCUT2D eigenvalue weighted by Gasteiger charge is 2.38. The molecular formula is C40H36N4O5S. The van der Waals surface area contributed by atoms with Gasteiger partial charge in [-0.1, -0.05) is 84.9 Å². The molecule has 1 aliphatic rings. The van der Waals surface area contributed by atoms with Crippen LogP contribution < -0.4 is 14.8 Å². The molecule has 0 aliphatic carbocycles. The lowest BCUT2D eigenvalue weighted by atomic mass is 10.0. The molecule has 2 amide bonds. The molecule has 0 saturated heterocycles. The summed E-state index contributed by atoms with van der Waals surface area (Å²) in [5.41, 5.74) is 3.69. The van der Waals surface area contributed by atoms with Gasteiger partial charge in [0.05, 0.1) is 22.2 Å². The Morgan fingerprint density at radius 3 is 2.26 bits per heavy atom. The van der Waals surface area contributed by atoms with Crippen LogP contribution in [-0.2, 0) is 28.0 Å². The van der Waals surface area contributed by atoms with Gasteiger partial charge < -0.3 is 15.0 Å². The minimum atomic E-state index is -3.86. The van der Waals surface area contributed by atoms with E-state index in [9.17, 15) is 23.3 Å². The van der Waals surface area contributed by atoms with E-state index in [2.05, 4.69) is 16.1 Å². The molecule has 5 aromatic rings. The van der Waals surface area contributed by atoms with E-state index in [-0.39, 0.29) is 24.0 Å². The number of nitriles is 1. The van der Waals surface area contributed by atoms with Gasteiger partial charge in [0.25, 0.3) is 11.8 Å². The molecule has 0 bridgehead atoms. The molecule has 0 spiro atoms. The number of nitrogens with zero attached hydrogens (tertiary/aromatic N) is 2. The van der Waals surface area contributed by atoms with Gasteiger partial charge in [-0.05, 0) is 79.4 Å². The molecule has 10 heteroatoms. The second-order valence-electron chi connectivity index (χ2n) is 13.1. The van der Waals surface area contributed by atoms with Crippen molar-refractivity contribution in [1.82, 2.24) is 9.62 Å². The van der Waals surface area contributed by atoms with Crippen molar-refractivity contribution in [3.63, 3.8) is 0 Å². The maximum Gasteiger partial charge on any atom is 0.255 e. The first-order valence-corrected chi connectivity index (χ1v) is 17.6. The molecule has 50 heavy (non-hydrogen) atoms. The van der Waals surface area contributed by atoms with Crippen LogP contribution in [0.5, 0.6) is 5.75 Å². The Bertz CT molecular complexity index is 2210. The van der Waals surface area contributed by atoms with Gasteiger partial charge in [-0.15, -0.1) is 0 Å². The molecule has 5 aromatic carbocycles. The lowest BCUT2D eigenvalue weighted by Gasteiger charge is -2.27. The minimum Gasteiger partial charge on any atom is -0.487 e. The Hall–Kier alpha value is -5.76. The van der Waals surface area contributed by atoms with Crippen molar-refractivity contribution in [3.8, 4) is 22.9 Å². The van der Waals surface area contributed by atoms with Gasteiger partial charge in [0.15, 0.2) is 0 Å². The number of amides is 2. The van der Waals surface area contributed by atoms with Crippen LogP contribution in [0.25, 0.3) is 11.1 Å². The molecule has 0 aromatic heterocycles. The number of nitrogens with one attached hydrogen (secondary N) is 2. The zero-order valence-corrected chi connectivity index (χ0v) is 28.7. The first-order chi connectivity index (χ1) is 23.9. The number of carbonyl (C=O) groups is 2. The predicted octanol–water partition coefficient (Wildman–Crippen LogP) is 7.22. The van der Waals surface area contributed by atoms with E-state index < -0.39 is 27.5 Å². The molecule has 2 N–H and O–H groups in total. The topological polar surface area (TPSA) is 129 Å².